The van der Waals surface area contributed by atoms with Gasteiger partial charge in [-0.15, -0.1) is 0 Å². The van der Waals surface area contributed by atoms with E-state index in [2.05, 4.69) is 15.9 Å². The molecule has 0 radical (unpaired) electrons. The number of benzene rings is 1. The normalized spacial score (nSPS) is 17.1. The van der Waals surface area contributed by atoms with Crippen molar-refractivity contribution in [2.75, 3.05) is 19.0 Å². The molecule has 0 atom stereocenters. The molecule has 7 heteroatoms. The summed E-state index contributed by atoms with van der Waals surface area (Å²) in [4.78, 5) is 11.1. The summed E-state index contributed by atoms with van der Waals surface area (Å²) >= 11 is 3.10. The number of rotatable bonds is 4. The van der Waals surface area contributed by atoms with Crippen molar-refractivity contribution >= 4 is 31.7 Å². The third-order valence-electron chi connectivity index (χ3n) is 3.32. The number of hydrogen-bond donors (Lipinski definition) is 1. The van der Waals surface area contributed by atoms with Gasteiger partial charge in [0.25, 0.3) is 0 Å². The Kier molecular flexibility index (Phi) is 4.82. The van der Waals surface area contributed by atoms with Crippen molar-refractivity contribution in [2.45, 2.75) is 17.7 Å². The second kappa shape index (κ2) is 6.24. The Balaban J connectivity index is 2.24. The monoisotopic (exact) mass is 362 g/mol. The summed E-state index contributed by atoms with van der Waals surface area (Å²) in [5.74, 6) is -1.04. The first-order valence-corrected chi connectivity index (χ1v) is 8.68. The molecule has 1 aromatic rings. The van der Waals surface area contributed by atoms with Gasteiger partial charge in [0.05, 0.1) is 16.2 Å². The largest absolute Gasteiger partial charge is 0.478 e. The Hall–Kier alpha value is -0.920. The minimum Gasteiger partial charge on any atom is -0.478 e. The molecule has 1 heterocycles. The van der Waals surface area contributed by atoms with E-state index in [-0.39, 0.29) is 22.1 Å². The van der Waals surface area contributed by atoms with Crippen LogP contribution in [0.25, 0.3) is 0 Å². The van der Waals surface area contributed by atoms with Crippen LogP contribution >= 0.6 is 15.9 Å². The van der Waals surface area contributed by atoms with Gasteiger partial charge in [-0.1, -0.05) is 0 Å². The van der Waals surface area contributed by atoms with E-state index in [0.717, 1.165) is 12.8 Å². The Morgan fingerprint density at radius 1 is 1.35 bits per heavy atom. The molecule has 1 aliphatic heterocycles. The third-order valence-corrected chi connectivity index (χ3v) is 5.90. The first-order chi connectivity index (χ1) is 9.40. The summed E-state index contributed by atoms with van der Waals surface area (Å²) in [6, 6.07) is 4.10. The molecule has 1 N–H and O–H groups in total. The lowest BCUT2D eigenvalue weighted by Gasteiger charge is -2.21. The molecule has 1 fully saturated rings. The number of sulfone groups is 1. The first-order valence-electron chi connectivity index (χ1n) is 6.23. The van der Waals surface area contributed by atoms with Gasteiger partial charge in [-0.2, -0.15) is 0 Å². The lowest BCUT2D eigenvalue weighted by Crippen LogP contribution is -2.23. The number of carboxylic acids is 1. The van der Waals surface area contributed by atoms with Crippen molar-refractivity contribution in [2.24, 2.45) is 5.92 Å². The van der Waals surface area contributed by atoms with Gasteiger partial charge in [0.2, 0.25) is 0 Å². The summed E-state index contributed by atoms with van der Waals surface area (Å²) in [5, 5.41) is 9.04. The summed E-state index contributed by atoms with van der Waals surface area (Å²) in [7, 11) is -3.47. The van der Waals surface area contributed by atoms with Crippen LogP contribution in [0.4, 0.5) is 0 Å². The quantitative estimate of drug-likeness (QED) is 0.888. The molecular formula is C13H15BrO5S. The SMILES string of the molecule is O=C(O)c1cc(S(=O)(=O)CC2CCOCC2)ccc1Br. The Morgan fingerprint density at radius 3 is 2.60 bits per heavy atom. The van der Waals surface area contributed by atoms with Crippen LogP contribution in [0, 0.1) is 5.92 Å². The molecule has 110 valence electrons. The fourth-order valence-electron chi connectivity index (χ4n) is 2.18. The predicted octanol–water partition coefficient (Wildman–Crippen LogP) is 2.35. The highest BCUT2D eigenvalue weighted by atomic mass is 79.9. The molecular weight excluding hydrogens is 348 g/mol. The number of carbonyl (C=O) groups is 1. The Morgan fingerprint density at radius 2 is 2.00 bits per heavy atom. The van der Waals surface area contributed by atoms with Crippen molar-refractivity contribution in [3.8, 4) is 0 Å². The molecule has 1 aromatic carbocycles. The van der Waals surface area contributed by atoms with Crippen molar-refractivity contribution in [1.29, 1.82) is 0 Å². The van der Waals surface area contributed by atoms with E-state index >= 15 is 0 Å². The van der Waals surface area contributed by atoms with Crippen LogP contribution in [0.3, 0.4) is 0 Å². The maximum Gasteiger partial charge on any atom is 0.336 e. The third kappa shape index (κ3) is 3.59. The van der Waals surface area contributed by atoms with E-state index < -0.39 is 15.8 Å². The highest BCUT2D eigenvalue weighted by Crippen LogP contribution is 2.25. The Labute approximate surface area is 126 Å². The van der Waals surface area contributed by atoms with Crippen LogP contribution in [-0.2, 0) is 14.6 Å². The van der Waals surface area contributed by atoms with Gasteiger partial charge in [-0.05, 0) is 52.9 Å². The predicted molar refractivity (Wildman–Crippen MR) is 76.7 cm³/mol. The summed E-state index contributed by atoms with van der Waals surface area (Å²) in [6.07, 6.45) is 1.45. The van der Waals surface area contributed by atoms with Crippen molar-refractivity contribution in [1.82, 2.24) is 0 Å². The molecule has 1 saturated heterocycles. The van der Waals surface area contributed by atoms with Gasteiger partial charge in [0.1, 0.15) is 0 Å². The molecule has 0 aliphatic carbocycles. The second-order valence-electron chi connectivity index (χ2n) is 4.78. The van der Waals surface area contributed by atoms with Crippen LogP contribution in [0.15, 0.2) is 27.6 Å². The number of ether oxygens (including phenoxy) is 1. The van der Waals surface area contributed by atoms with Gasteiger partial charge in [0, 0.05) is 17.7 Å². The first kappa shape index (κ1) is 15.5. The highest BCUT2D eigenvalue weighted by molar-refractivity contribution is 9.10. The minimum atomic E-state index is -3.47. The zero-order valence-electron chi connectivity index (χ0n) is 10.7. The van der Waals surface area contributed by atoms with Gasteiger partial charge in [-0.3, -0.25) is 0 Å². The fourth-order valence-corrected chi connectivity index (χ4v) is 4.32. The maximum absolute atomic E-state index is 12.3. The summed E-state index contributed by atoms with van der Waals surface area (Å²) in [6.45, 7) is 1.17. The highest BCUT2D eigenvalue weighted by Gasteiger charge is 2.24. The second-order valence-corrected chi connectivity index (χ2v) is 7.67. The molecule has 0 saturated carbocycles. The topological polar surface area (TPSA) is 80.7 Å². The van der Waals surface area contributed by atoms with Crippen LogP contribution in [-0.4, -0.2) is 38.5 Å². The van der Waals surface area contributed by atoms with Crippen LogP contribution in [0.2, 0.25) is 0 Å². The van der Waals surface area contributed by atoms with E-state index in [1.807, 2.05) is 0 Å². The van der Waals surface area contributed by atoms with Crippen molar-refractivity contribution < 1.29 is 23.1 Å². The lowest BCUT2D eigenvalue weighted by molar-refractivity contribution is 0.0695. The molecule has 2 rings (SSSR count). The lowest BCUT2D eigenvalue weighted by atomic mass is 10.0. The Bertz CT molecular complexity index is 605. The van der Waals surface area contributed by atoms with Crippen LogP contribution in [0.5, 0.6) is 0 Å². The summed E-state index contributed by atoms with van der Waals surface area (Å²) < 4.78 is 30.3. The van der Waals surface area contributed by atoms with E-state index in [4.69, 9.17) is 9.84 Å². The number of halogens is 1. The van der Waals surface area contributed by atoms with Crippen molar-refractivity contribution in [3.05, 3.63) is 28.2 Å². The zero-order valence-corrected chi connectivity index (χ0v) is 13.1. The van der Waals surface area contributed by atoms with Crippen LogP contribution in [0.1, 0.15) is 23.2 Å². The summed E-state index contributed by atoms with van der Waals surface area (Å²) in [5.41, 5.74) is -0.0435. The molecule has 20 heavy (non-hydrogen) atoms. The number of carboxylic acid groups (broad SMARTS) is 1. The molecule has 0 amide bonds. The maximum atomic E-state index is 12.3. The number of hydrogen-bond acceptors (Lipinski definition) is 4. The van der Waals surface area contributed by atoms with E-state index in [1.165, 1.54) is 18.2 Å². The van der Waals surface area contributed by atoms with E-state index in [9.17, 15) is 13.2 Å². The standard InChI is InChI=1S/C13H15BrO5S/c14-12-2-1-10(7-11(12)13(15)16)20(17,18)8-9-3-5-19-6-4-9/h1-2,7,9H,3-6,8H2,(H,15,16). The number of aromatic carboxylic acids is 1. The molecule has 0 aromatic heterocycles. The molecule has 0 spiro atoms. The average Bonchev–Trinajstić information content (AvgIpc) is 2.39. The molecule has 0 unspecified atom stereocenters. The van der Waals surface area contributed by atoms with Gasteiger partial charge < -0.3 is 9.84 Å². The van der Waals surface area contributed by atoms with E-state index in [1.54, 1.807) is 0 Å². The van der Waals surface area contributed by atoms with E-state index in [0.29, 0.717) is 17.7 Å². The zero-order chi connectivity index (χ0) is 14.8. The smallest absolute Gasteiger partial charge is 0.336 e. The van der Waals surface area contributed by atoms with Crippen LogP contribution < -0.4 is 0 Å². The molecule has 0 bridgehead atoms. The molecule has 1 aliphatic rings. The molecule has 5 nitrogen and oxygen atoms in total. The van der Waals surface area contributed by atoms with Crippen molar-refractivity contribution in [3.63, 3.8) is 0 Å². The minimum absolute atomic E-state index is 0.0387. The average molecular weight is 363 g/mol. The fraction of sp³-hybridized carbons (Fsp3) is 0.462. The van der Waals surface area contributed by atoms with Gasteiger partial charge in [-0.25, -0.2) is 13.2 Å². The van der Waals surface area contributed by atoms with Gasteiger partial charge >= 0.3 is 5.97 Å². The van der Waals surface area contributed by atoms with Gasteiger partial charge in [0.15, 0.2) is 9.84 Å².